The van der Waals surface area contributed by atoms with Crippen LogP contribution >= 0.6 is 0 Å². The van der Waals surface area contributed by atoms with Gasteiger partial charge in [-0.1, -0.05) is 13.5 Å². The fourth-order valence-electron chi connectivity index (χ4n) is 1.65. The van der Waals surface area contributed by atoms with E-state index in [0.717, 1.165) is 0 Å². The average Bonchev–Trinajstić information content (AvgIpc) is 2.60. The summed E-state index contributed by atoms with van der Waals surface area (Å²) in [6.45, 7) is 0.730. The summed E-state index contributed by atoms with van der Waals surface area (Å²) in [5.74, 6) is -0.375. The average molecular weight is 241 g/mol. The SMILES string of the molecule is C.COCC1CN(c2cccc(F)c2)C(=O)O1. The summed E-state index contributed by atoms with van der Waals surface area (Å²) in [4.78, 5) is 12.9. The zero-order chi connectivity index (χ0) is 11.5. The molecule has 1 heterocycles. The largest absolute Gasteiger partial charge is 0.441 e. The van der Waals surface area contributed by atoms with E-state index in [1.54, 1.807) is 19.2 Å². The number of halogens is 1. The quantitative estimate of drug-likeness (QED) is 0.815. The van der Waals surface area contributed by atoms with Crippen LogP contribution in [0.5, 0.6) is 0 Å². The lowest BCUT2D eigenvalue weighted by Gasteiger charge is -2.12. The van der Waals surface area contributed by atoms with Gasteiger partial charge < -0.3 is 9.47 Å². The fourth-order valence-corrected chi connectivity index (χ4v) is 1.65. The minimum Gasteiger partial charge on any atom is -0.441 e. The Bertz CT molecular complexity index is 397. The predicted octanol–water partition coefficient (Wildman–Crippen LogP) is 2.43. The van der Waals surface area contributed by atoms with Gasteiger partial charge >= 0.3 is 6.09 Å². The third-order valence-corrected chi connectivity index (χ3v) is 2.35. The predicted molar refractivity (Wildman–Crippen MR) is 62.6 cm³/mol. The Labute approximate surface area is 99.9 Å². The minimum absolute atomic E-state index is 0. The molecule has 17 heavy (non-hydrogen) atoms. The Hall–Kier alpha value is -1.62. The van der Waals surface area contributed by atoms with Crippen LogP contribution in [0.2, 0.25) is 0 Å². The number of amides is 1. The molecule has 0 aromatic heterocycles. The number of hydrogen-bond acceptors (Lipinski definition) is 3. The number of nitrogens with zero attached hydrogens (tertiary/aromatic N) is 1. The van der Waals surface area contributed by atoms with Gasteiger partial charge in [0.25, 0.3) is 0 Å². The van der Waals surface area contributed by atoms with Crippen LogP contribution in [-0.2, 0) is 9.47 Å². The smallest absolute Gasteiger partial charge is 0.414 e. The van der Waals surface area contributed by atoms with E-state index < -0.39 is 6.09 Å². The van der Waals surface area contributed by atoms with Crippen LogP contribution in [-0.4, -0.2) is 32.5 Å². The summed E-state index contributed by atoms with van der Waals surface area (Å²) in [5.41, 5.74) is 0.503. The molecule has 2 rings (SSSR count). The van der Waals surface area contributed by atoms with Crippen molar-refractivity contribution in [3.05, 3.63) is 30.1 Å². The van der Waals surface area contributed by atoms with Crippen molar-refractivity contribution in [2.24, 2.45) is 0 Å². The molecule has 0 bridgehead atoms. The van der Waals surface area contributed by atoms with Gasteiger partial charge in [-0.15, -0.1) is 0 Å². The van der Waals surface area contributed by atoms with Crippen molar-refractivity contribution in [3.8, 4) is 0 Å². The molecule has 1 fully saturated rings. The molecule has 1 aromatic carbocycles. The molecule has 94 valence electrons. The van der Waals surface area contributed by atoms with Crippen molar-refractivity contribution in [2.45, 2.75) is 13.5 Å². The van der Waals surface area contributed by atoms with E-state index in [-0.39, 0.29) is 19.3 Å². The lowest BCUT2D eigenvalue weighted by Crippen LogP contribution is -2.25. The maximum atomic E-state index is 13.0. The van der Waals surface area contributed by atoms with Gasteiger partial charge in [-0.05, 0) is 18.2 Å². The summed E-state index contributed by atoms with van der Waals surface area (Å²) in [6.07, 6.45) is -0.756. The molecule has 4 nitrogen and oxygen atoms in total. The summed E-state index contributed by atoms with van der Waals surface area (Å²) < 4.78 is 22.9. The summed E-state index contributed by atoms with van der Waals surface area (Å²) in [5, 5.41) is 0. The van der Waals surface area contributed by atoms with Gasteiger partial charge in [0.05, 0.1) is 18.8 Å². The molecule has 5 heteroatoms. The third-order valence-electron chi connectivity index (χ3n) is 2.35. The molecule has 0 radical (unpaired) electrons. The van der Waals surface area contributed by atoms with Crippen molar-refractivity contribution in [2.75, 3.05) is 25.2 Å². The van der Waals surface area contributed by atoms with Gasteiger partial charge in [-0.25, -0.2) is 9.18 Å². The number of methoxy groups -OCH3 is 1. The zero-order valence-corrected chi connectivity index (χ0v) is 8.85. The molecule has 1 atom stereocenters. The lowest BCUT2D eigenvalue weighted by atomic mass is 10.2. The second-order valence-electron chi connectivity index (χ2n) is 3.55. The van der Waals surface area contributed by atoms with Crippen molar-refractivity contribution in [1.29, 1.82) is 0 Å². The van der Waals surface area contributed by atoms with Crippen LogP contribution < -0.4 is 4.90 Å². The Morgan fingerprint density at radius 1 is 1.59 bits per heavy atom. The topological polar surface area (TPSA) is 38.8 Å². The van der Waals surface area contributed by atoms with Gasteiger partial charge in [-0.3, -0.25) is 4.90 Å². The summed E-state index contributed by atoms with van der Waals surface area (Å²) >= 11 is 0. The highest BCUT2D eigenvalue weighted by Crippen LogP contribution is 2.22. The number of rotatable bonds is 3. The molecular formula is C12H16FNO3. The van der Waals surface area contributed by atoms with E-state index in [0.29, 0.717) is 18.8 Å². The molecule has 0 saturated carbocycles. The van der Waals surface area contributed by atoms with Crippen LogP contribution in [0.4, 0.5) is 14.9 Å². The first kappa shape index (κ1) is 13.4. The van der Waals surface area contributed by atoms with Crippen LogP contribution in [0.1, 0.15) is 7.43 Å². The number of ether oxygens (including phenoxy) is 2. The van der Waals surface area contributed by atoms with Crippen LogP contribution in [0.15, 0.2) is 24.3 Å². The maximum Gasteiger partial charge on any atom is 0.414 e. The van der Waals surface area contributed by atoms with Crippen LogP contribution in [0, 0.1) is 5.82 Å². The van der Waals surface area contributed by atoms with Crippen molar-refractivity contribution >= 4 is 11.8 Å². The Kier molecular flexibility index (Phi) is 4.45. The Balaban J connectivity index is 0.00000144. The highest BCUT2D eigenvalue weighted by atomic mass is 19.1. The third kappa shape index (κ3) is 2.94. The Morgan fingerprint density at radius 2 is 2.35 bits per heavy atom. The number of benzene rings is 1. The first-order valence-corrected chi connectivity index (χ1v) is 4.93. The first-order chi connectivity index (χ1) is 7.70. The van der Waals surface area contributed by atoms with E-state index in [2.05, 4.69) is 0 Å². The van der Waals surface area contributed by atoms with E-state index in [4.69, 9.17) is 9.47 Å². The normalized spacial score (nSPS) is 18.8. The fraction of sp³-hybridized carbons (Fsp3) is 0.417. The molecular weight excluding hydrogens is 225 g/mol. The van der Waals surface area contributed by atoms with Crippen molar-refractivity contribution in [3.63, 3.8) is 0 Å². The van der Waals surface area contributed by atoms with E-state index >= 15 is 0 Å². The molecule has 1 aliphatic heterocycles. The molecule has 1 unspecified atom stereocenters. The lowest BCUT2D eigenvalue weighted by molar-refractivity contribution is 0.0718. The highest BCUT2D eigenvalue weighted by Gasteiger charge is 2.32. The van der Waals surface area contributed by atoms with Crippen LogP contribution in [0.3, 0.4) is 0 Å². The monoisotopic (exact) mass is 241 g/mol. The second kappa shape index (κ2) is 5.63. The van der Waals surface area contributed by atoms with Gasteiger partial charge in [0, 0.05) is 7.11 Å². The Morgan fingerprint density at radius 3 is 3.00 bits per heavy atom. The standard InChI is InChI=1S/C11H12FNO3.CH4/c1-15-7-10-6-13(11(14)16-10)9-4-2-3-8(12)5-9;/h2-5,10H,6-7H2,1H3;1H4. The van der Waals surface area contributed by atoms with Gasteiger partial charge in [0.15, 0.2) is 0 Å². The number of cyclic esters (lactones) is 1. The number of anilines is 1. The van der Waals surface area contributed by atoms with Crippen LogP contribution in [0.25, 0.3) is 0 Å². The second-order valence-corrected chi connectivity index (χ2v) is 3.55. The zero-order valence-electron chi connectivity index (χ0n) is 8.85. The van der Waals surface area contributed by atoms with Gasteiger partial charge in [-0.2, -0.15) is 0 Å². The summed E-state index contributed by atoms with van der Waals surface area (Å²) in [7, 11) is 1.54. The molecule has 0 spiro atoms. The van der Waals surface area contributed by atoms with E-state index in [1.165, 1.54) is 17.0 Å². The molecule has 1 aliphatic rings. The van der Waals surface area contributed by atoms with Gasteiger partial charge in [0.1, 0.15) is 11.9 Å². The molecule has 1 amide bonds. The maximum absolute atomic E-state index is 13.0. The molecule has 0 N–H and O–H groups in total. The van der Waals surface area contributed by atoms with E-state index in [9.17, 15) is 9.18 Å². The number of hydrogen-bond donors (Lipinski definition) is 0. The summed E-state index contributed by atoms with van der Waals surface area (Å²) in [6, 6.07) is 5.86. The molecule has 1 saturated heterocycles. The van der Waals surface area contributed by atoms with Gasteiger partial charge in [0.2, 0.25) is 0 Å². The van der Waals surface area contributed by atoms with Crippen molar-refractivity contribution in [1.82, 2.24) is 0 Å². The number of carbonyl (C=O) groups is 1. The highest BCUT2D eigenvalue weighted by molar-refractivity contribution is 5.89. The minimum atomic E-state index is -0.465. The molecule has 0 aliphatic carbocycles. The van der Waals surface area contributed by atoms with Crippen molar-refractivity contribution < 1.29 is 18.7 Å². The van der Waals surface area contributed by atoms with E-state index in [1.807, 2.05) is 0 Å². The molecule has 1 aromatic rings. The number of carbonyl (C=O) groups excluding carboxylic acids is 1. The first-order valence-electron chi connectivity index (χ1n) is 4.93.